The maximum absolute atomic E-state index is 5.43. The molecule has 0 amide bonds. The van der Waals surface area contributed by atoms with Crippen molar-refractivity contribution >= 4 is 11.6 Å². The van der Waals surface area contributed by atoms with Gasteiger partial charge in [0, 0.05) is 51.3 Å². The number of guanidine groups is 1. The van der Waals surface area contributed by atoms with E-state index in [2.05, 4.69) is 74.2 Å². The minimum atomic E-state index is 0.738. The molecule has 1 saturated heterocycles. The molecular formula is C24H30N6O. The van der Waals surface area contributed by atoms with Crippen LogP contribution in [0.4, 0.5) is 5.69 Å². The van der Waals surface area contributed by atoms with E-state index in [9.17, 15) is 0 Å². The Bertz CT molecular complexity index is 945. The number of morpholine rings is 1. The standard InChI is InChI=1S/C24H30N6O/c1-25-24(26-13-11-20-3-9-23(10-4-20)30-14-2-12-28-30)27-19-21-5-7-22(8-6-21)29-15-17-31-18-16-29/h2-10,12,14H,11,13,15-19H2,1H3,(H2,25,26,27). The van der Waals surface area contributed by atoms with Crippen LogP contribution in [0.1, 0.15) is 11.1 Å². The van der Waals surface area contributed by atoms with Crippen molar-refractivity contribution in [3.05, 3.63) is 78.1 Å². The number of ether oxygens (including phenoxy) is 1. The van der Waals surface area contributed by atoms with E-state index in [4.69, 9.17) is 4.74 Å². The number of rotatable bonds is 7. The molecule has 1 aliphatic heterocycles. The van der Waals surface area contributed by atoms with Gasteiger partial charge >= 0.3 is 0 Å². The molecule has 4 rings (SSSR count). The van der Waals surface area contributed by atoms with E-state index in [0.29, 0.717) is 0 Å². The number of benzene rings is 2. The summed E-state index contributed by atoms with van der Waals surface area (Å²) in [6, 6.07) is 19.1. The lowest BCUT2D eigenvalue weighted by molar-refractivity contribution is 0.122. The van der Waals surface area contributed by atoms with Crippen LogP contribution >= 0.6 is 0 Å². The Morgan fingerprint density at radius 2 is 1.68 bits per heavy atom. The Labute approximate surface area is 183 Å². The molecule has 2 aromatic carbocycles. The van der Waals surface area contributed by atoms with Gasteiger partial charge in [-0.25, -0.2) is 4.68 Å². The van der Waals surface area contributed by atoms with Crippen LogP contribution in [0.5, 0.6) is 0 Å². The monoisotopic (exact) mass is 418 g/mol. The van der Waals surface area contributed by atoms with Gasteiger partial charge in [0.1, 0.15) is 0 Å². The van der Waals surface area contributed by atoms with Crippen LogP contribution in [0.3, 0.4) is 0 Å². The van der Waals surface area contributed by atoms with E-state index < -0.39 is 0 Å². The van der Waals surface area contributed by atoms with Crippen molar-refractivity contribution in [2.45, 2.75) is 13.0 Å². The van der Waals surface area contributed by atoms with Crippen LogP contribution in [0, 0.1) is 0 Å². The summed E-state index contributed by atoms with van der Waals surface area (Å²) in [5, 5.41) is 11.0. The lowest BCUT2D eigenvalue weighted by Crippen LogP contribution is -2.38. The third-order valence-electron chi connectivity index (χ3n) is 5.41. The Kier molecular flexibility index (Phi) is 7.18. The fraction of sp³-hybridized carbons (Fsp3) is 0.333. The van der Waals surface area contributed by atoms with Gasteiger partial charge in [0.25, 0.3) is 0 Å². The fourth-order valence-electron chi connectivity index (χ4n) is 3.61. The molecule has 0 aliphatic carbocycles. The van der Waals surface area contributed by atoms with E-state index >= 15 is 0 Å². The highest BCUT2D eigenvalue weighted by Gasteiger charge is 2.10. The van der Waals surface area contributed by atoms with Gasteiger partial charge in [0.2, 0.25) is 0 Å². The maximum atomic E-state index is 5.43. The van der Waals surface area contributed by atoms with Gasteiger partial charge < -0.3 is 20.3 Å². The maximum Gasteiger partial charge on any atom is 0.191 e. The van der Waals surface area contributed by atoms with Crippen LogP contribution in [0.25, 0.3) is 5.69 Å². The second kappa shape index (κ2) is 10.6. The van der Waals surface area contributed by atoms with E-state index in [1.807, 2.05) is 16.9 Å². The zero-order chi connectivity index (χ0) is 21.3. The van der Waals surface area contributed by atoms with Gasteiger partial charge in [-0.05, 0) is 47.9 Å². The second-order valence-corrected chi connectivity index (χ2v) is 7.49. The van der Waals surface area contributed by atoms with E-state index in [1.165, 1.54) is 16.8 Å². The van der Waals surface area contributed by atoms with E-state index in [1.54, 1.807) is 13.2 Å². The molecule has 31 heavy (non-hydrogen) atoms. The van der Waals surface area contributed by atoms with Gasteiger partial charge in [-0.2, -0.15) is 5.10 Å². The molecule has 1 aliphatic rings. The summed E-state index contributed by atoms with van der Waals surface area (Å²) in [6.07, 6.45) is 4.66. The first kappa shape index (κ1) is 20.9. The minimum Gasteiger partial charge on any atom is -0.378 e. The van der Waals surface area contributed by atoms with E-state index in [0.717, 1.165) is 57.5 Å². The van der Waals surface area contributed by atoms with Gasteiger partial charge in [-0.3, -0.25) is 4.99 Å². The molecule has 2 N–H and O–H groups in total. The Hall–Kier alpha value is -3.32. The molecule has 0 spiro atoms. The Morgan fingerprint density at radius 3 is 2.35 bits per heavy atom. The van der Waals surface area contributed by atoms with Gasteiger partial charge in [-0.1, -0.05) is 24.3 Å². The quantitative estimate of drug-likeness (QED) is 0.456. The first-order chi connectivity index (χ1) is 15.3. The summed E-state index contributed by atoms with van der Waals surface area (Å²) in [5.41, 5.74) is 4.83. The highest BCUT2D eigenvalue weighted by atomic mass is 16.5. The minimum absolute atomic E-state index is 0.738. The molecule has 0 atom stereocenters. The van der Waals surface area contributed by atoms with Crippen LogP contribution in [-0.4, -0.2) is 55.6 Å². The molecule has 0 bridgehead atoms. The topological polar surface area (TPSA) is 66.7 Å². The average Bonchev–Trinajstić information content (AvgIpc) is 3.38. The second-order valence-electron chi connectivity index (χ2n) is 7.49. The van der Waals surface area contributed by atoms with Gasteiger partial charge in [0.05, 0.1) is 18.9 Å². The normalized spacial score (nSPS) is 14.5. The number of aliphatic imine (C=N–C) groups is 1. The smallest absolute Gasteiger partial charge is 0.191 e. The first-order valence-corrected chi connectivity index (χ1v) is 10.8. The third kappa shape index (κ3) is 5.86. The molecule has 1 fully saturated rings. The number of anilines is 1. The lowest BCUT2D eigenvalue weighted by Gasteiger charge is -2.28. The lowest BCUT2D eigenvalue weighted by atomic mass is 10.1. The van der Waals surface area contributed by atoms with Crippen LogP contribution in [0.15, 0.2) is 72.0 Å². The predicted octanol–water partition coefficient (Wildman–Crippen LogP) is 2.62. The fourth-order valence-corrected chi connectivity index (χ4v) is 3.61. The molecule has 162 valence electrons. The molecule has 3 aromatic rings. The molecule has 2 heterocycles. The largest absolute Gasteiger partial charge is 0.378 e. The number of hydrogen-bond donors (Lipinski definition) is 2. The van der Waals surface area contributed by atoms with Crippen molar-refractivity contribution in [1.82, 2.24) is 20.4 Å². The van der Waals surface area contributed by atoms with Gasteiger partial charge in [0.15, 0.2) is 5.96 Å². The van der Waals surface area contributed by atoms with Crippen molar-refractivity contribution in [3.8, 4) is 5.69 Å². The summed E-state index contributed by atoms with van der Waals surface area (Å²) in [4.78, 5) is 6.70. The van der Waals surface area contributed by atoms with Crippen LogP contribution in [-0.2, 0) is 17.7 Å². The van der Waals surface area contributed by atoms with Gasteiger partial charge in [-0.15, -0.1) is 0 Å². The SMILES string of the molecule is CN=C(NCCc1ccc(-n2cccn2)cc1)NCc1ccc(N2CCOCC2)cc1. The molecule has 0 unspecified atom stereocenters. The molecule has 0 radical (unpaired) electrons. The summed E-state index contributed by atoms with van der Waals surface area (Å²) in [5.74, 6) is 0.811. The highest BCUT2D eigenvalue weighted by molar-refractivity contribution is 5.79. The third-order valence-corrected chi connectivity index (χ3v) is 5.41. The highest BCUT2D eigenvalue weighted by Crippen LogP contribution is 2.16. The van der Waals surface area contributed by atoms with Crippen molar-refractivity contribution in [1.29, 1.82) is 0 Å². The zero-order valence-electron chi connectivity index (χ0n) is 18.0. The van der Waals surface area contributed by atoms with Crippen molar-refractivity contribution < 1.29 is 4.74 Å². The average molecular weight is 419 g/mol. The molecule has 0 saturated carbocycles. The van der Waals surface area contributed by atoms with E-state index in [-0.39, 0.29) is 0 Å². The summed E-state index contributed by atoms with van der Waals surface area (Å²) in [6.45, 7) is 5.08. The molecule has 7 heteroatoms. The number of hydrogen-bond acceptors (Lipinski definition) is 4. The number of nitrogens with zero attached hydrogens (tertiary/aromatic N) is 4. The Morgan fingerprint density at radius 1 is 0.968 bits per heavy atom. The Balaban J connectivity index is 1.21. The number of aromatic nitrogens is 2. The molecule has 1 aromatic heterocycles. The zero-order valence-corrected chi connectivity index (χ0v) is 18.0. The van der Waals surface area contributed by atoms with Crippen molar-refractivity contribution in [3.63, 3.8) is 0 Å². The van der Waals surface area contributed by atoms with Crippen molar-refractivity contribution in [2.75, 3.05) is 44.8 Å². The first-order valence-electron chi connectivity index (χ1n) is 10.8. The van der Waals surface area contributed by atoms with Crippen LogP contribution in [0.2, 0.25) is 0 Å². The summed E-state index contributed by atoms with van der Waals surface area (Å²) in [7, 11) is 1.80. The van der Waals surface area contributed by atoms with Crippen LogP contribution < -0.4 is 15.5 Å². The number of nitrogens with one attached hydrogen (secondary N) is 2. The predicted molar refractivity (Wildman–Crippen MR) is 125 cm³/mol. The summed E-state index contributed by atoms with van der Waals surface area (Å²) >= 11 is 0. The molecular weight excluding hydrogens is 388 g/mol. The van der Waals surface area contributed by atoms with Crippen molar-refractivity contribution in [2.24, 2.45) is 4.99 Å². The molecule has 7 nitrogen and oxygen atoms in total. The summed E-state index contributed by atoms with van der Waals surface area (Å²) < 4.78 is 7.29.